The Balaban J connectivity index is 1.75. The summed E-state index contributed by atoms with van der Waals surface area (Å²) in [5, 5.41) is 0.861. The van der Waals surface area contributed by atoms with Gasteiger partial charge in [0.2, 0.25) is 7.29 Å². The van der Waals surface area contributed by atoms with Crippen LogP contribution in [-0.4, -0.2) is 17.0 Å². The van der Waals surface area contributed by atoms with Gasteiger partial charge in [0, 0.05) is 17.9 Å². The van der Waals surface area contributed by atoms with Gasteiger partial charge in [-0.05, 0) is 5.56 Å². The van der Waals surface area contributed by atoms with Crippen molar-refractivity contribution in [2.24, 2.45) is 0 Å². The van der Waals surface area contributed by atoms with E-state index in [2.05, 4.69) is 12.2 Å². The minimum atomic E-state index is -2.82. The lowest BCUT2D eigenvalue weighted by atomic mass is 10.2. The van der Waals surface area contributed by atoms with Crippen molar-refractivity contribution in [3.8, 4) is 0 Å². The molecule has 1 unspecified atom stereocenters. The minimum Gasteiger partial charge on any atom is -0.299 e. The predicted octanol–water partition coefficient (Wildman–Crippen LogP) is 3.73. The van der Waals surface area contributed by atoms with Crippen LogP contribution >= 0.6 is 7.29 Å². The van der Waals surface area contributed by atoms with E-state index in [9.17, 15) is 4.57 Å². The zero-order valence-electron chi connectivity index (χ0n) is 12.2. The fourth-order valence-corrected chi connectivity index (χ4v) is 6.01. The van der Waals surface area contributed by atoms with Crippen LogP contribution in [0.5, 0.6) is 0 Å². The first kappa shape index (κ1) is 14.0. The number of nitrogens with zero attached hydrogens (tertiary/aromatic N) is 1. The van der Waals surface area contributed by atoms with E-state index in [0.29, 0.717) is 6.16 Å². The molecule has 0 aromatic heterocycles. The van der Waals surface area contributed by atoms with Crippen LogP contribution in [0.3, 0.4) is 0 Å². The maximum Gasteiger partial charge on any atom is 0.205 e. The smallest absolute Gasteiger partial charge is 0.205 e. The summed E-state index contributed by atoms with van der Waals surface area (Å²) in [7, 11) is -2.82. The average molecular weight is 311 g/mol. The molecule has 2 aliphatic rings. The quantitative estimate of drug-likeness (QED) is 0.636. The summed E-state index contributed by atoms with van der Waals surface area (Å²) >= 11 is 0. The van der Waals surface area contributed by atoms with Gasteiger partial charge in [-0.2, -0.15) is 0 Å². The van der Waals surface area contributed by atoms with Crippen LogP contribution in [0.2, 0.25) is 0 Å². The van der Waals surface area contributed by atoms with Crippen LogP contribution in [-0.2, 0) is 15.6 Å². The summed E-state index contributed by atoms with van der Waals surface area (Å²) in [5.74, 6) is 0. The van der Waals surface area contributed by atoms with Gasteiger partial charge in [-0.25, -0.2) is 0 Å². The van der Waals surface area contributed by atoms with Gasteiger partial charge < -0.3 is 0 Å². The van der Waals surface area contributed by atoms with E-state index in [1.807, 2.05) is 60.7 Å². The number of hydrogen-bond acceptors (Lipinski definition) is 2. The van der Waals surface area contributed by atoms with E-state index >= 15 is 0 Å². The van der Waals surface area contributed by atoms with Gasteiger partial charge in [0.15, 0.2) is 0 Å². The van der Waals surface area contributed by atoms with Crippen molar-refractivity contribution in [1.29, 1.82) is 0 Å². The first-order valence-electron chi connectivity index (χ1n) is 7.59. The van der Waals surface area contributed by atoms with E-state index in [0.717, 1.165) is 17.3 Å². The zero-order chi connectivity index (χ0) is 15.0. The van der Waals surface area contributed by atoms with Gasteiger partial charge >= 0.3 is 0 Å². The van der Waals surface area contributed by atoms with E-state index in [-0.39, 0.29) is 12.1 Å². The largest absolute Gasteiger partial charge is 0.299 e. The highest BCUT2D eigenvalue weighted by Gasteiger charge is 2.46. The molecule has 22 heavy (non-hydrogen) atoms. The summed E-state index contributed by atoms with van der Waals surface area (Å²) in [6, 6.07) is 19.9. The Labute approximate surface area is 130 Å². The fraction of sp³-hybridized carbons (Fsp3) is 0.222. The van der Waals surface area contributed by atoms with Crippen LogP contribution in [0.25, 0.3) is 0 Å². The summed E-state index contributed by atoms with van der Waals surface area (Å²) in [6.07, 6.45) is 5.67. The lowest BCUT2D eigenvalue weighted by Crippen LogP contribution is -2.31. The van der Waals surface area contributed by atoms with Crippen molar-refractivity contribution >= 4 is 12.6 Å². The molecule has 0 saturated carbocycles. The fourth-order valence-electron chi connectivity index (χ4n) is 3.19. The second kappa shape index (κ2) is 5.51. The van der Waals surface area contributed by atoms with E-state index in [1.54, 1.807) is 4.83 Å². The van der Waals surface area contributed by atoms with Crippen molar-refractivity contribution in [1.82, 2.24) is 4.83 Å². The Morgan fingerprint density at radius 3 is 2.27 bits per heavy atom. The van der Waals surface area contributed by atoms with E-state index in [1.165, 1.54) is 0 Å². The minimum absolute atomic E-state index is 0.0813. The monoisotopic (exact) mass is 311 g/mol. The van der Waals surface area contributed by atoms with E-state index in [4.69, 9.17) is 4.84 Å². The second-order valence-electron chi connectivity index (χ2n) is 5.82. The zero-order valence-corrected chi connectivity index (χ0v) is 13.1. The topological polar surface area (TPSA) is 29.5 Å². The normalized spacial score (nSPS) is 26.2. The summed E-state index contributed by atoms with van der Waals surface area (Å²) in [5.41, 5.74) is 1.07. The second-order valence-corrected chi connectivity index (χ2v) is 8.45. The molecule has 1 heterocycles. The first-order chi connectivity index (χ1) is 10.8. The molecular formula is C18H18NO2P. The number of hydrogen-bond donors (Lipinski definition) is 0. The van der Waals surface area contributed by atoms with Crippen LogP contribution in [0, 0.1) is 0 Å². The number of fused-ring (bicyclic) bond motifs is 2. The lowest BCUT2D eigenvalue weighted by molar-refractivity contribution is -0.0763. The molecule has 0 N–H and O–H groups in total. The molecule has 1 aliphatic carbocycles. The molecule has 1 saturated heterocycles. The van der Waals surface area contributed by atoms with Crippen molar-refractivity contribution in [2.75, 3.05) is 0 Å². The third kappa shape index (κ3) is 2.36. The maximum atomic E-state index is 13.9. The van der Waals surface area contributed by atoms with Crippen molar-refractivity contribution in [3.63, 3.8) is 0 Å². The molecule has 3 atom stereocenters. The van der Waals surface area contributed by atoms with Gasteiger partial charge in [-0.3, -0.25) is 9.40 Å². The van der Waals surface area contributed by atoms with E-state index < -0.39 is 7.29 Å². The molecule has 4 heteroatoms. The first-order valence-corrected chi connectivity index (χ1v) is 9.44. The molecule has 0 amide bonds. The third-order valence-electron chi connectivity index (χ3n) is 4.27. The van der Waals surface area contributed by atoms with Crippen LogP contribution in [0.4, 0.5) is 0 Å². The molecule has 1 aliphatic heterocycles. The lowest BCUT2D eigenvalue weighted by Gasteiger charge is -2.32. The molecule has 4 rings (SSSR count). The Morgan fingerprint density at radius 1 is 1.00 bits per heavy atom. The van der Waals surface area contributed by atoms with Crippen molar-refractivity contribution in [2.45, 2.75) is 24.7 Å². The SMILES string of the molecule is O=P(Cc1ccccc1)(c1ccccc1)N1O[C@@H]2C=C[C@H]1C2. The van der Waals surface area contributed by atoms with Gasteiger partial charge in [0.05, 0.1) is 12.1 Å². The van der Waals surface area contributed by atoms with Crippen LogP contribution in [0.15, 0.2) is 72.8 Å². The Bertz CT molecular complexity index is 729. The number of rotatable bonds is 4. The molecule has 0 spiro atoms. The molecule has 3 nitrogen and oxygen atoms in total. The molecular weight excluding hydrogens is 293 g/mol. The van der Waals surface area contributed by atoms with Crippen molar-refractivity contribution < 1.29 is 9.40 Å². The molecule has 2 bridgehead atoms. The molecule has 0 radical (unpaired) electrons. The third-order valence-corrected chi connectivity index (χ3v) is 7.19. The Morgan fingerprint density at radius 2 is 1.68 bits per heavy atom. The van der Waals surface area contributed by atoms with Gasteiger partial charge in [0.1, 0.15) is 0 Å². The number of hydroxylamine groups is 1. The summed E-state index contributed by atoms with van der Waals surface area (Å²) < 4.78 is 13.9. The van der Waals surface area contributed by atoms with Crippen LogP contribution < -0.4 is 5.30 Å². The van der Waals surface area contributed by atoms with Gasteiger partial charge in [0.25, 0.3) is 0 Å². The highest BCUT2D eigenvalue weighted by Crippen LogP contribution is 2.57. The molecule has 112 valence electrons. The molecule has 2 aromatic carbocycles. The summed E-state index contributed by atoms with van der Waals surface area (Å²) in [4.78, 5) is 7.71. The average Bonchev–Trinajstić information content (AvgIpc) is 3.20. The summed E-state index contributed by atoms with van der Waals surface area (Å²) in [6.45, 7) is 0. The predicted molar refractivity (Wildman–Crippen MR) is 88.1 cm³/mol. The Kier molecular flexibility index (Phi) is 3.50. The van der Waals surface area contributed by atoms with Crippen LogP contribution in [0.1, 0.15) is 12.0 Å². The molecule has 2 aromatic rings. The van der Waals surface area contributed by atoms with Gasteiger partial charge in [-0.15, -0.1) is 4.83 Å². The maximum absolute atomic E-state index is 13.9. The molecule has 1 fully saturated rings. The van der Waals surface area contributed by atoms with Crippen molar-refractivity contribution in [3.05, 3.63) is 78.4 Å². The standard InChI is InChI=1S/C18H18NO2P/c20-22(18-9-5-2-6-10-18,14-15-7-3-1-4-8-15)19-16-11-12-17(13-16)21-19/h1-12,16-17H,13-14H2/t16-,17+,22?/m0/s1. The van der Waals surface area contributed by atoms with Gasteiger partial charge in [-0.1, -0.05) is 72.8 Å². The highest BCUT2D eigenvalue weighted by atomic mass is 31.2. The Hall–Kier alpha value is -1.67. The highest BCUT2D eigenvalue weighted by molar-refractivity contribution is 7.68. The number of benzene rings is 2.